The first kappa shape index (κ1) is 20.2. The Kier molecular flexibility index (Phi) is 5.45. The monoisotopic (exact) mass is 397 g/mol. The van der Waals surface area contributed by atoms with E-state index in [0.717, 1.165) is 4.57 Å². The van der Waals surface area contributed by atoms with Crippen molar-refractivity contribution in [3.05, 3.63) is 80.2 Å². The van der Waals surface area contributed by atoms with E-state index in [1.165, 1.54) is 17.7 Å². The Labute approximate surface area is 167 Å². The Balaban J connectivity index is 2.31. The molecule has 3 rings (SSSR count). The van der Waals surface area contributed by atoms with Crippen LogP contribution in [0.15, 0.2) is 57.8 Å². The third kappa shape index (κ3) is 3.37. The van der Waals surface area contributed by atoms with E-state index in [1.807, 2.05) is 0 Å². The highest BCUT2D eigenvalue weighted by Crippen LogP contribution is 2.40. The number of nitrogens with one attached hydrogen (secondary N) is 1. The van der Waals surface area contributed by atoms with Gasteiger partial charge in [0.15, 0.2) is 0 Å². The lowest BCUT2D eigenvalue weighted by molar-refractivity contribution is -0.138. The number of rotatable bonds is 5. The first-order valence-corrected chi connectivity index (χ1v) is 9.01. The summed E-state index contributed by atoms with van der Waals surface area (Å²) in [6.45, 7) is 5.32. The van der Waals surface area contributed by atoms with Crippen molar-refractivity contribution in [3.8, 4) is 5.75 Å². The fraction of sp³-hybridized carbons (Fsp3) is 0.286. The van der Waals surface area contributed by atoms with Crippen LogP contribution in [-0.2, 0) is 23.6 Å². The highest BCUT2D eigenvalue weighted by molar-refractivity contribution is 5.94. The molecule has 1 atom stereocenters. The molecule has 0 spiro atoms. The fourth-order valence-electron chi connectivity index (χ4n) is 3.50. The Morgan fingerprint density at radius 1 is 1.21 bits per heavy atom. The van der Waals surface area contributed by atoms with Crippen LogP contribution in [0.2, 0.25) is 0 Å². The third-order valence-corrected chi connectivity index (χ3v) is 4.99. The van der Waals surface area contributed by atoms with E-state index in [-0.39, 0.29) is 6.61 Å². The van der Waals surface area contributed by atoms with Gasteiger partial charge in [0.2, 0.25) is 0 Å². The van der Waals surface area contributed by atoms with Crippen LogP contribution in [0.5, 0.6) is 5.75 Å². The normalized spacial score (nSPS) is 15.4. The minimum Gasteiger partial charge on any atom is -0.497 e. The number of esters is 1. The Morgan fingerprint density at radius 3 is 2.45 bits per heavy atom. The van der Waals surface area contributed by atoms with Crippen LogP contribution in [0.3, 0.4) is 0 Å². The number of benzene rings is 1. The summed E-state index contributed by atoms with van der Waals surface area (Å²) in [4.78, 5) is 38.3. The molecule has 2 aromatic rings. The molecule has 0 aliphatic carbocycles. The van der Waals surface area contributed by atoms with Gasteiger partial charge in [-0.1, -0.05) is 24.8 Å². The molecule has 0 fully saturated rings. The van der Waals surface area contributed by atoms with Crippen LogP contribution < -0.4 is 21.3 Å². The number of methoxy groups -OCH3 is 1. The highest BCUT2D eigenvalue weighted by Gasteiger charge is 2.37. The first-order chi connectivity index (χ1) is 13.8. The van der Waals surface area contributed by atoms with Crippen LogP contribution in [0.25, 0.3) is 0 Å². The van der Waals surface area contributed by atoms with Crippen LogP contribution in [-0.4, -0.2) is 28.8 Å². The van der Waals surface area contributed by atoms with E-state index in [2.05, 4.69) is 11.9 Å². The predicted molar refractivity (Wildman–Crippen MR) is 109 cm³/mol. The van der Waals surface area contributed by atoms with Gasteiger partial charge in [-0.05, 0) is 24.6 Å². The van der Waals surface area contributed by atoms with E-state index in [0.29, 0.717) is 34.0 Å². The largest absolute Gasteiger partial charge is 0.497 e. The number of allylic oxidation sites excluding steroid dienone is 1. The van der Waals surface area contributed by atoms with Gasteiger partial charge in [-0.2, -0.15) is 0 Å². The molecular weight excluding hydrogens is 374 g/mol. The molecule has 0 radical (unpaired) electrons. The minimum absolute atomic E-state index is 0.0447. The Bertz CT molecular complexity index is 1120. The number of anilines is 1. The summed E-state index contributed by atoms with van der Waals surface area (Å²) in [5.74, 6) is -0.262. The molecule has 0 saturated carbocycles. The topological polar surface area (TPSA) is 91.6 Å². The lowest BCUT2D eigenvalue weighted by atomic mass is 9.82. The van der Waals surface area contributed by atoms with Crippen molar-refractivity contribution < 1.29 is 14.3 Å². The minimum atomic E-state index is -0.708. The molecule has 0 unspecified atom stereocenters. The second kappa shape index (κ2) is 7.83. The molecule has 0 bridgehead atoms. The average Bonchev–Trinajstić information content (AvgIpc) is 2.73. The van der Waals surface area contributed by atoms with Crippen LogP contribution in [0.4, 0.5) is 5.82 Å². The zero-order valence-corrected chi connectivity index (χ0v) is 16.8. The zero-order valence-electron chi connectivity index (χ0n) is 16.8. The smallest absolute Gasteiger partial charge is 0.337 e. The predicted octanol–water partition coefficient (Wildman–Crippen LogP) is 1.65. The van der Waals surface area contributed by atoms with Gasteiger partial charge in [0.05, 0.1) is 24.2 Å². The quantitative estimate of drug-likeness (QED) is 0.609. The summed E-state index contributed by atoms with van der Waals surface area (Å²) in [6.07, 6.45) is 1.48. The van der Waals surface area contributed by atoms with Crippen molar-refractivity contribution >= 4 is 11.8 Å². The maximum atomic E-state index is 13.1. The van der Waals surface area contributed by atoms with Gasteiger partial charge in [0.1, 0.15) is 18.2 Å². The number of fused-ring (bicyclic) bond motifs is 1. The van der Waals surface area contributed by atoms with Crippen molar-refractivity contribution in [1.29, 1.82) is 0 Å². The van der Waals surface area contributed by atoms with Crippen LogP contribution in [0.1, 0.15) is 24.0 Å². The molecule has 8 nitrogen and oxygen atoms in total. The molecular formula is C21H23N3O5. The second-order valence-corrected chi connectivity index (χ2v) is 6.73. The molecule has 1 aromatic heterocycles. The zero-order chi connectivity index (χ0) is 21.3. The van der Waals surface area contributed by atoms with Crippen LogP contribution in [0, 0.1) is 0 Å². The summed E-state index contributed by atoms with van der Waals surface area (Å²) in [5, 5.41) is 3.04. The Morgan fingerprint density at radius 2 is 1.86 bits per heavy atom. The van der Waals surface area contributed by atoms with Crippen molar-refractivity contribution in [2.45, 2.75) is 12.8 Å². The second-order valence-electron chi connectivity index (χ2n) is 6.73. The lowest BCUT2D eigenvalue weighted by Crippen LogP contribution is -2.43. The molecule has 152 valence electrons. The van der Waals surface area contributed by atoms with Gasteiger partial charge >= 0.3 is 11.7 Å². The van der Waals surface area contributed by atoms with Crippen molar-refractivity contribution in [3.63, 3.8) is 0 Å². The molecule has 2 heterocycles. The maximum Gasteiger partial charge on any atom is 0.337 e. The molecule has 1 N–H and O–H groups in total. The number of aromatic nitrogens is 2. The summed E-state index contributed by atoms with van der Waals surface area (Å²) in [7, 11) is 4.55. The van der Waals surface area contributed by atoms with Crippen molar-refractivity contribution in [2.75, 3.05) is 19.0 Å². The molecule has 1 aromatic carbocycles. The van der Waals surface area contributed by atoms with E-state index in [1.54, 1.807) is 45.3 Å². The van der Waals surface area contributed by atoms with Crippen molar-refractivity contribution in [2.24, 2.45) is 14.1 Å². The maximum absolute atomic E-state index is 13.1. The summed E-state index contributed by atoms with van der Waals surface area (Å²) in [5.41, 5.74) is 0.888. The van der Waals surface area contributed by atoms with Gasteiger partial charge in [-0.25, -0.2) is 9.59 Å². The molecule has 8 heteroatoms. The Hall–Kier alpha value is -3.55. The van der Waals surface area contributed by atoms with Gasteiger partial charge in [0.25, 0.3) is 5.56 Å². The van der Waals surface area contributed by atoms with E-state index < -0.39 is 23.1 Å². The standard InChI is InChI=1S/C21H23N3O5/c1-6-11-29-20(26)15-12(2)22-18-17(19(25)24(4)21(27)23(18)3)16(15)13-7-9-14(28-5)10-8-13/h6-10,16,22H,1,11H2,2-5H3/t16-/m0/s1. The van der Waals surface area contributed by atoms with E-state index in [9.17, 15) is 14.4 Å². The fourth-order valence-corrected chi connectivity index (χ4v) is 3.50. The molecule has 0 amide bonds. The summed E-state index contributed by atoms with van der Waals surface area (Å²) < 4.78 is 12.9. The summed E-state index contributed by atoms with van der Waals surface area (Å²) >= 11 is 0. The number of carbonyl (C=O) groups excluding carboxylic acids is 1. The lowest BCUT2D eigenvalue weighted by Gasteiger charge is -2.30. The number of hydrogen-bond acceptors (Lipinski definition) is 6. The van der Waals surface area contributed by atoms with E-state index in [4.69, 9.17) is 9.47 Å². The SMILES string of the molecule is C=CCOC(=O)C1=C(C)Nc2c(c(=O)n(C)c(=O)n2C)[C@H]1c1ccc(OC)cc1. The summed E-state index contributed by atoms with van der Waals surface area (Å²) in [6, 6.07) is 7.09. The molecule has 1 aliphatic heterocycles. The number of hydrogen-bond donors (Lipinski definition) is 1. The average molecular weight is 397 g/mol. The van der Waals surface area contributed by atoms with Crippen LogP contribution >= 0.6 is 0 Å². The third-order valence-electron chi connectivity index (χ3n) is 4.99. The van der Waals surface area contributed by atoms with Gasteiger partial charge < -0.3 is 14.8 Å². The number of ether oxygens (including phenoxy) is 2. The molecule has 0 saturated heterocycles. The van der Waals surface area contributed by atoms with E-state index >= 15 is 0 Å². The van der Waals surface area contributed by atoms with Gasteiger partial charge in [-0.15, -0.1) is 0 Å². The van der Waals surface area contributed by atoms with Crippen molar-refractivity contribution in [1.82, 2.24) is 9.13 Å². The highest BCUT2D eigenvalue weighted by atomic mass is 16.5. The number of nitrogens with zero attached hydrogens (tertiary/aromatic N) is 2. The van der Waals surface area contributed by atoms with Gasteiger partial charge in [-0.3, -0.25) is 13.9 Å². The molecule has 29 heavy (non-hydrogen) atoms. The van der Waals surface area contributed by atoms with Gasteiger partial charge in [0, 0.05) is 19.8 Å². The first-order valence-electron chi connectivity index (χ1n) is 9.01. The number of carbonyl (C=O) groups is 1. The molecule has 1 aliphatic rings.